The van der Waals surface area contributed by atoms with Crippen molar-refractivity contribution in [1.82, 2.24) is 10.2 Å². The van der Waals surface area contributed by atoms with Crippen LogP contribution in [0, 0.1) is 27.7 Å². The fraction of sp³-hybridized carbons (Fsp3) is 0.391. The van der Waals surface area contributed by atoms with Gasteiger partial charge in [0.15, 0.2) is 6.61 Å². The standard InChI is InChI=1S/C23H30N2O3/c1-15-7-9-20(10-8-15)13-25(19(5)23(27)24-6)22(26)14-28-21-12-16(2)11-17(3)18(21)4/h7-12,19H,13-14H2,1-6H3,(H,24,27). The van der Waals surface area contributed by atoms with E-state index in [2.05, 4.69) is 11.4 Å². The van der Waals surface area contributed by atoms with Crippen LogP contribution in [-0.2, 0) is 16.1 Å². The summed E-state index contributed by atoms with van der Waals surface area (Å²) in [6.45, 7) is 9.98. The Hall–Kier alpha value is -2.82. The molecule has 0 saturated carbocycles. The molecule has 1 atom stereocenters. The van der Waals surface area contributed by atoms with E-state index in [1.807, 2.05) is 58.0 Å². The van der Waals surface area contributed by atoms with E-state index in [-0.39, 0.29) is 18.4 Å². The number of carbonyl (C=O) groups excluding carboxylic acids is 2. The van der Waals surface area contributed by atoms with E-state index in [1.54, 1.807) is 18.9 Å². The number of likely N-dealkylation sites (N-methyl/N-ethyl adjacent to an activating group) is 1. The summed E-state index contributed by atoms with van der Waals surface area (Å²) in [7, 11) is 1.57. The number of nitrogens with one attached hydrogen (secondary N) is 1. The first-order valence-electron chi connectivity index (χ1n) is 9.50. The summed E-state index contributed by atoms with van der Waals surface area (Å²) in [5, 5.41) is 2.62. The van der Waals surface area contributed by atoms with Gasteiger partial charge in [-0.25, -0.2) is 0 Å². The lowest BCUT2D eigenvalue weighted by molar-refractivity contribution is -0.142. The lowest BCUT2D eigenvalue weighted by Crippen LogP contribution is -2.48. The maximum atomic E-state index is 13.0. The van der Waals surface area contributed by atoms with Gasteiger partial charge >= 0.3 is 0 Å². The lowest BCUT2D eigenvalue weighted by atomic mass is 10.1. The third kappa shape index (κ3) is 5.35. The maximum Gasteiger partial charge on any atom is 0.261 e. The van der Waals surface area contributed by atoms with Crippen LogP contribution in [0.2, 0.25) is 0 Å². The second kappa shape index (κ2) is 9.40. The van der Waals surface area contributed by atoms with E-state index in [9.17, 15) is 9.59 Å². The second-order valence-electron chi connectivity index (χ2n) is 7.29. The number of rotatable bonds is 7. The first kappa shape index (κ1) is 21.5. The Bertz CT molecular complexity index is 844. The van der Waals surface area contributed by atoms with Gasteiger partial charge in [0.25, 0.3) is 5.91 Å². The Labute approximate surface area is 167 Å². The van der Waals surface area contributed by atoms with Crippen molar-refractivity contribution in [3.63, 3.8) is 0 Å². The molecule has 0 aliphatic heterocycles. The monoisotopic (exact) mass is 382 g/mol. The summed E-state index contributed by atoms with van der Waals surface area (Å²) >= 11 is 0. The van der Waals surface area contributed by atoms with Crippen LogP contribution >= 0.6 is 0 Å². The third-order valence-electron chi connectivity index (χ3n) is 5.00. The number of nitrogens with zero attached hydrogens (tertiary/aromatic N) is 1. The van der Waals surface area contributed by atoms with Crippen LogP contribution in [0.3, 0.4) is 0 Å². The Morgan fingerprint density at radius 2 is 1.68 bits per heavy atom. The predicted octanol–water partition coefficient (Wildman–Crippen LogP) is 3.46. The van der Waals surface area contributed by atoms with Crippen molar-refractivity contribution in [1.29, 1.82) is 0 Å². The maximum absolute atomic E-state index is 13.0. The molecular weight excluding hydrogens is 352 g/mol. The summed E-state index contributed by atoms with van der Waals surface area (Å²) < 4.78 is 5.84. The van der Waals surface area contributed by atoms with Gasteiger partial charge in [-0.15, -0.1) is 0 Å². The minimum Gasteiger partial charge on any atom is -0.483 e. The molecule has 2 amide bonds. The van der Waals surface area contributed by atoms with E-state index in [0.717, 1.165) is 27.8 Å². The third-order valence-corrected chi connectivity index (χ3v) is 5.00. The normalized spacial score (nSPS) is 11.6. The van der Waals surface area contributed by atoms with E-state index < -0.39 is 6.04 Å². The van der Waals surface area contributed by atoms with E-state index >= 15 is 0 Å². The molecule has 5 heteroatoms. The first-order valence-corrected chi connectivity index (χ1v) is 9.50. The number of hydrogen-bond acceptors (Lipinski definition) is 3. The number of benzene rings is 2. The number of hydrogen-bond donors (Lipinski definition) is 1. The molecule has 0 heterocycles. The Morgan fingerprint density at radius 1 is 1.04 bits per heavy atom. The molecule has 0 radical (unpaired) electrons. The SMILES string of the molecule is CNC(=O)C(C)N(Cc1ccc(C)cc1)C(=O)COc1cc(C)cc(C)c1C. The van der Waals surface area contributed by atoms with Crippen molar-refractivity contribution in [2.75, 3.05) is 13.7 Å². The summed E-state index contributed by atoms with van der Waals surface area (Å²) in [4.78, 5) is 26.7. The average Bonchev–Trinajstić information content (AvgIpc) is 2.67. The van der Waals surface area contributed by atoms with Gasteiger partial charge in [0.1, 0.15) is 11.8 Å². The molecule has 0 bridgehead atoms. The van der Waals surface area contributed by atoms with E-state index in [4.69, 9.17) is 4.74 Å². The molecule has 1 unspecified atom stereocenters. The zero-order chi connectivity index (χ0) is 20.8. The van der Waals surface area contributed by atoms with Gasteiger partial charge in [0, 0.05) is 13.6 Å². The van der Waals surface area contributed by atoms with Crippen LogP contribution in [0.15, 0.2) is 36.4 Å². The van der Waals surface area contributed by atoms with Crippen LogP contribution in [0.5, 0.6) is 5.75 Å². The predicted molar refractivity (Wildman–Crippen MR) is 111 cm³/mol. The zero-order valence-electron chi connectivity index (χ0n) is 17.6. The Morgan fingerprint density at radius 3 is 2.29 bits per heavy atom. The van der Waals surface area contributed by atoms with Gasteiger partial charge in [-0.3, -0.25) is 9.59 Å². The molecule has 0 spiro atoms. The number of aryl methyl sites for hydroxylation is 3. The summed E-state index contributed by atoms with van der Waals surface area (Å²) in [6.07, 6.45) is 0. The van der Waals surface area contributed by atoms with Crippen molar-refractivity contribution >= 4 is 11.8 Å². The highest BCUT2D eigenvalue weighted by molar-refractivity contribution is 5.87. The smallest absolute Gasteiger partial charge is 0.261 e. The lowest BCUT2D eigenvalue weighted by Gasteiger charge is -2.28. The van der Waals surface area contributed by atoms with Crippen LogP contribution < -0.4 is 10.1 Å². The van der Waals surface area contributed by atoms with Crippen LogP contribution in [0.1, 0.15) is 34.7 Å². The van der Waals surface area contributed by atoms with Crippen LogP contribution in [-0.4, -0.2) is 36.4 Å². The fourth-order valence-corrected chi connectivity index (χ4v) is 3.05. The summed E-state index contributed by atoms with van der Waals surface area (Å²) in [6, 6.07) is 11.4. The molecule has 2 rings (SSSR count). The van der Waals surface area contributed by atoms with Crippen molar-refractivity contribution in [2.24, 2.45) is 0 Å². The highest BCUT2D eigenvalue weighted by Gasteiger charge is 2.26. The van der Waals surface area contributed by atoms with Gasteiger partial charge in [0.05, 0.1) is 0 Å². The van der Waals surface area contributed by atoms with Crippen molar-refractivity contribution in [3.8, 4) is 5.75 Å². The first-order chi connectivity index (χ1) is 13.2. The fourth-order valence-electron chi connectivity index (χ4n) is 3.05. The van der Waals surface area contributed by atoms with Crippen LogP contribution in [0.25, 0.3) is 0 Å². The number of ether oxygens (including phenoxy) is 1. The molecule has 0 aliphatic carbocycles. The molecule has 0 aliphatic rings. The Balaban J connectivity index is 2.18. The number of carbonyl (C=O) groups is 2. The molecule has 150 valence electrons. The minimum absolute atomic E-state index is 0.114. The van der Waals surface area contributed by atoms with Crippen molar-refractivity contribution in [2.45, 2.75) is 47.2 Å². The molecule has 0 fully saturated rings. The summed E-state index contributed by atoms with van der Waals surface area (Å²) in [5.41, 5.74) is 5.34. The quantitative estimate of drug-likeness (QED) is 0.798. The molecule has 0 saturated heterocycles. The van der Waals surface area contributed by atoms with Gasteiger partial charge < -0.3 is 15.0 Å². The van der Waals surface area contributed by atoms with Gasteiger partial charge in [0.2, 0.25) is 5.91 Å². The molecule has 28 heavy (non-hydrogen) atoms. The zero-order valence-corrected chi connectivity index (χ0v) is 17.6. The molecule has 2 aromatic carbocycles. The van der Waals surface area contributed by atoms with Gasteiger partial charge in [-0.1, -0.05) is 35.9 Å². The molecule has 5 nitrogen and oxygen atoms in total. The highest BCUT2D eigenvalue weighted by Crippen LogP contribution is 2.23. The molecular formula is C23H30N2O3. The molecule has 2 aromatic rings. The van der Waals surface area contributed by atoms with Gasteiger partial charge in [-0.05, 0) is 62.9 Å². The summed E-state index contributed by atoms with van der Waals surface area (Å²) in [5.74, 6) is 0.270. The average molecular weight is 383 g/mol. The molecule has 1 N–H and O–H groups in total. The van der Waals surface area contributed by atoms with Gasteiger partial charge in [-0.2, -0.15) is 0 Å². The van der Waals surface area contributed by atoms with Crippen molar-refractivity contribution in [3.05, 3.63) is 64.2 Å². The molecule has 0 aromatic heterocycles. The topological polar surface area (TPSA) is 58.6 Å². The number of amides is 2. The van der Waals surface area contributed by atoms with E-state index in [1.165, 1.54) is 0 Å². The minimum atomic E-state index is -0.595. The van der Waals surface area contributed by atoms with E-state index in [0.29, 0.717) is 12.3 Å². The van der Waals surface area contributed by atoms with Crippen molar-refractivity contribution < 1.29 is 14.3 Å². The van der Waals surface area contributed by atoms with Crippen LogP contribution in [0.4, 0.5) is 0 Å². The Kier molecular flexibility index (Phi) is 7.21. The second-order valence-corrected chi connectivity index (χ2v) is 7.29. The highest BCUT2D eigenvalue weighted by atomic mass is 16.5. The largest absolute Gasteiger partial charge is 0.483 e.